The number of aliphatic hydroxyl groups is 1. The molecule has 0 aliphatic heterocycles. The number of aryl methyl sites for hydroxylation is 1. The number of pyridine rings is 1. The molecule has 1 unspecified atom stereocenters. The highest BCUT2D eigenvalue weighted by Crippen LogP contribution is 2.44. The van der Waals surface area contributed by atoms with Crippen molar-refractivity contribution in [1.29, 1.82) is 0 Å². The van der Waals surface area contributed by atoms with E-state index in [1.54, 1.807) is 0 Å². The molecule has 27 heavy (non-hydrogen) atoms. The van der Waals surface area contributed by atoms with E-state index in [2.05, 4.69) is 14.8 Å². The van der Waals surface area contributed by atoms with Crippen LogP contribution >= 0.6 is 0 Å². The standard InChI is InChI=1S/C17H20F2N5O2S/c1-9-14(10-5-6-10)20-12-4-2-3-11(12)15(9)21-17(25)23-27(26)13-7-8-24(22-13)16(18)19/h7-8,10,16-17,25H,2-6H2,1H3,(H,20,21)/q-1. The highest BCUT2D eigenvalue weighted by molar-refractivity contribution is 7.74. The summed E-state index contributed by atoms with van der Waals surface area (Å²) < 4.78 is 41.5. The topological polar surface area (TPSA) is 92.4 Å². The molecule has 146 valence electrons. The number of fused-ring (bicyclic) bond motifs is 1. The maximum Gasteiger partial charge on any atom is 0.333 e. The van der Waals surface area contributed by atoms with Crippen molar-refractivity contribution in [3.63, 3.8) is 0 Å². The number of hydrogen-bond donors (Lipinski definition) is 2. The fourth-order valence-corrected chi connectivity index (χ4v) is 4.16. The quantitative estimate of drug-likeness (QED) is 0.578. The van der Waals surface area contributed by atoms with Crippen molar-refractivity contribution in [3.8, 4) is 0 Å². The van der Waals surface area contributed by atoms with E-state index in [4.69, 9.17) is 4.98 Å². The molecule has 1 fully saturated rings. The monoisotopic (exact) mass is 396 g/mol. The lowest BCUT2D eigenvalue weighted by Gasteiger charge is -2.20. The Morgan fingerprint density at radius 2 is 2.19 bits per heavy atom. The summed E-state index contributed by atoms with van der Waals surface area (Å²) in [6.45, 7) is -0.850. The number of halogens is 2. The smallest absolute Gasteiger partial charge is 0.333 e. The average Bonchev–Trinajstić information content (AvgIpc) is 3.15. The molecule has 0 saturated heterocycles. The Hall–Kier alpha value is -2.07. The predicted octanol–water partition coefficient (Wildman–Crippen LogP) is 3.24. The third-order valence-corrected chi connectivity index (χ3v) is 5.87. The van der Waals surface area contributed by atoms with Gasteiger partial charge in [0.15, 0.2) is 0 Å². The molecule has 2 aromatic heterocycles. The summed E-state index contributed by atoms with van der Waals surface area (Å²) in [5.74, 6) is 0.470. The van der Waals surface area contributed by atoms with E-state index in [9.17, 15) is 18.1 Å². The van der Waals surface area contributed by atoms with Gasteiger partial charge in [-0.3, -0.25) is 4.98 Å². The number of nitrogens with one attached hydrogen (secondary N) is 1. The summed E-state index contributed by atoms with van der Waals surface area (Å²) in [4.78, 5) is 4.81. The summed E-state index contributed by atoms with van der Waals surface area (Å²) in [6.07, 6.45) is 4.61. The molecule has 2 N–H and O–H groups in total. The lowest BCUT2D eigenvalue weighted by Crippen LogP contribution is -2.19. The minimum atomic E-state index is -2.82. The van der Waals surface area contributed by atoms with Gasteiger partial charge in [-0.25, -0.2) is 4.68 Å². The van der Waals surface area contributed by atoms with Crippen molar-refractivity contribution in [2.45, 2.75) is 62.9 Å². The number of hydrogen-bond acceptors (Lipinski definition) is 7. The first-order valence-electron chi connectivity index (χ1n) is 8.87. The van der Waals surface area contributed by atoms with Gasteiger partial charge in [-0.15, -0.1) is 10.6 Å². The van der Waals surface area contributed by atoms with E-state index in [0.717, 1.165) is 66.5 Å². The van der Waals surface area contributed by atoms with Crippen LogP contribution in [-0.4, -0.2) is 26.2 Å². The molecule has 0 radical (unpaired) electrons. The van der Waals surface area contributed by atoms with Crippen LogP contribution in [0, 0.1) is 6.92 Å². The maximum atomic E-state index is 12.6. The zero-order chi connectivity index (χ0) is 19.1. The maximum absolute atomic E-state index is 12.6. The zero-order valence-electron chi connectivity index (χ0n) is 14.7. The number of anilines is 1. The second-order valence-electron chi connectivity index (χ2n) is 6.83. The molecule has 2 aromatic rings. The van der Waals surface area contributed by atoms with Gasteiger partial charge in [0.05, 0.1) is 0 Å². The Kier molecular flexibility index (Phi) is 4.85. The summed E-state index contributed by atoms with van der Waals surface area (Å²) >= 11 is 0. The van der Waals surface area contributed by atoms with E-state index < -0.39 is 23.5 Å². The molecule has 1 atom stereocenters. The highest BCUT2D eigenvalue weighted by Gasteiger charge is 2.31. The van der Waals surface area contributed by atoms with Crippen molar-refractivity contribution in [3.05, 3.63) is 34.8 Å². The van der Waals surface area contributed by atoms with Gasteiger partial charge < -0.3 is 19.0 Å². The second-order valence-corrected chi connectivity index (χ2v) is 7.96. The van der Waals surface area contributed by atoms with Crippen molar-refractivity contribution < 1.29 is 18.1 Å². The number of alkyl halides is 2. The molecule has 0 bridgehead atoms. The molecule has 2 aliphatic rings. The lowest BCUT2D eigenvalue weighted by molar-refractivity contribution is 0.0554. The Morgan fingerprint density at radius 1 is 1.41 bits per heavy atom. The van der Waals surface area contributed by atoms with Crippen LogP contribution in [0.25, 0.3) is 0 Å². The van der Waals surface area contributed by atoms with E-state index in [1.165, 1.54) is 6.07 Å². The third-order valence-electron chi connectivity index (χ3n) is 4.90. The molecule has 0 amide bonds. The molecule has 2 aliphatic carbocycles. The number of aliphatic hydroxyl groups excluding tert-OH is 1. The van der Waals surface area contributed by atoms with E-state index >= 15 is 0 Å². The van der Waals surface area contributed by atoms with E-state index in [-0.39, 0.29) is 5.03 Å². The molecule has 0 spiro atoms. The zero-order valence-corrected chi connectivity index (χ0v) is 15.5. The van der Waals surface area contributed by atoms with E-state index in [1.807, 2.05) is 6.92 Å². The SMILES string of the molecule is Cc1c(C2CC2)nc2c(c1NC(O)N=[S-](=O)c1ccn(C(F)F)n1)CCC2. The van der Waals surface area contributed by atoms with Gasteiger partial charge in [-0.05, 0) is 56.2 Å². The van der Waals surface area contributed by atoms with Gasteiger partial charge in [0.1, 0.15) is 0 Å². The van der Waals surface area contributed by atoms with Crippen molar-refractivity contribution in [2.75, 3.05) is 5.32 Å². The van der Waals surface area contributed by atoms with Crippen LogP contribution in [0.4, 0.5) is 14.5 Å². The van der Waals surface area contributed by atoms with Crippen LogP contribution in [0.1, 0.15) is 54.2 Å². The van der Waals surface area contributed by atoms with Gasteiger partial charge in [0, 0.05) is 34.2 Å². The van der Waals surface area contributed by atoms with Gasteiger partial charge in [0.2, 0.25) is 6.35 Å². The summed E-state index contributed by atoms with van der Waals surface area (Å²) in [5.41, 5.74) is 4.96. The third kappa shape index (κ3) is 3.68. The van der Waals surface area contributed by atoms with Crippen LogP contribution in [0.3, 0.4) is 0 Å². The highest BCUT2D eigenvalue weighted by atomic mass is 32.2. The van der Waals surface area contributed by atoms with Crippen LogP contribution < -0.4 is 5.32 Å². The van der Waals surface area contributed by atoms with Gasteiger partial charge in [0.25, 0.3) is 0 Å². The summed E-state index contributed by atoms with van der Waals surface area (Å²) in [5, 5.41) is 16.6. The Morgan fingerprint density at radius 3 is 2.85 bits per heavy atom. The minimum Gasteiger partial charge on any atom is -0.438 e. The number of rotatable bonds is 6. The van der Waals surface area contributed by atoms with Gasteiger partial charge in [-0.1, -0.05) is 0 Å². The van der Waals surface area contributed by atoms with Gasteiger partial charge in [-0.2, -0.15) is 13.9 Å². The Labute approximate surface area is 157 Å². The fraction of sp³-hybridized carbons (Fsp3) is 0.529. The molecule has 4 rings (SSSR count). The van der Waals surface area contributed by atoms with Gasteiger partial charge >= 0.3 is 6.55 Å². The van der Waals surface area contributed by atoms with Crippen molar-refractivity contribution in [1.82, 2.24) is 14.8 Å². The molecule has 10 heteroatoms. The largest absolute Gasteiger partial charge is 0.438 e. The fourth-order valence-electron chi connectivity index (χ4n) is 3.48. The van der Waals surface area contributed by atoms with Crippen LogP contribution in [-0.2, 0) is 27.6 Å². The van der Waals surface area contributed by atoms with Crippen LogP contribution in [0.5, 0.6) is 0 Å². The minimum absolute atomic E-state index is 0.133. The normalized spacial score (nSPS) is 18.7. The summed E-state index contributed by atoms with van der Waals surface area (Å²) in [6, 6.07) is 1.19. The Bertz CT molecular complexity index is 951. The molecule has 0 aromatic carbocycles. The first-order chi connectivity index (χ1) is 12.9. The lowest BCUT2D eigenvalue weighted by atomic mass is 10.0. The predicted molar refractivity (Wildman–Crippen MR) is 94.8 cm³/mol. The first-order valence-corrected chi connectivity index (χ1v) is 9.97. The average molecular weight is 396 g/mol. The second kappa shape index (κ2) is 7.16. The van der Waals surface area contributed by atoms with Crippen LogP contribution in [0.15, 0.2) is 21.7 Å². The molecule has 7 nitrogen and oxygen atoms in total. The molecular weight excluding hydrogens is 376 g/mol. The number of nitrogens with zero attached hydrogens (tertiary/aromatic N) is 4. The molecule has 2 heterocycles. The summed E-state index contributed by atoms with van der Waals surface area (Å²) in [7, 11) is -2.06. The first kappa shape index (κ1) is 18.3. The molecule has 1 saturated carbocycles. The Balaban J connectivity index is 1.59. The van der Waals surface area contributed by atoms with Crippen molar-refractivity contribution in [2.24, 2.45) is 4.36 Å². The number of aromatic nitrogens is 3. The molecular formula is C17H20F2N5O2S-. The van der Waals surface area contributed by atoms with E-state index in [0.29, 0.717) is 10.6 Å². The van der Waals surface area contributed by atoms with Crippen LogP contribution in [0.2, 0.25) is 0 Å². The van der Waals surface area contributed by atoms with Crippen molar-refractivity contribution >= 4 is 16.3 Å².